The third kappa shape index (κ3) is 2.69. The largest absolute Gasteiger partial charge is 0.545 e. The van der Waals surface area contributed by atoms with E-state index in [1.807, 2.05) is 6.92 Å². The Bertz CT molecular complexity index is 671. The Balaban J connectivity index is 2.67. The number of benzene rings is 1. The van der Waals surface area contributed by atoms with Crippen molar-refractivity contribution in [3.63, 3.8) is 0 Å². The fourth-order valence-electron chi connectivity index (χ4n) is 1.98. The normalized spacial score (nSPS) is 12.4. The molecule has 1 heterocycles. The third-order valence-electron chi connectivity index (χ3n) is 3.02. The Kier molecular flexibility index (Phi) is 4.11. The van der Waals surface area contributed by atoms with E-state index in [4.69, 9.17) is 11.6 Å². The minimum absolute atomic E-state index is 0.0418. The predicted octanol–water partition coefficient (Wildman–Crippen LogP) is 1.35. The number of aryl methyl sites for hydroxylation is 1. The maximum absolute atomic E-state index is 11.2. The van der Waals surface area contributed by atoms with Gasteiger partial charge in [-0.1, -0.05) is 11.6 Å². The van der Waals surface area contributed by atoms with E-state index >= 15 is 0 Å². The number of nitrogens with zero attached hydrogens (tertiary/aromatic N) is 1. The molecule has 5 nitrogen and oxygen atoms in total. The van der Waals surface area contributed by atoms with Gasteiger partial charge in [-0.25, -0.2) is 0 Å². The number of aromatic carboxylic acids is 1. The van der Waals surface area contributed by atoms with Gasteiger partial charge in [0.05, 0.1) is 23.3 Å². The smallest absolute Gasteiger partial charge is 0.0767 e. The van der Waals surface area contributed by atoms with Gasteiger partial charge >= 0.3 is 0 Å². The Morgan fingerprint density at radius 3 is 2.85 bits per heavy atom. The first kappa shape index (κ1) is 14.6. The number of carboxylic acids is 1. The second-order valence-electron chi connectivity index (χ2n) is 4.63. The molecule has 0 spiro atoms. The standard InChI is InChI=1S/C14H15ClN2O3/c1-7(18)5-16-13-9-3-4-11(15)8(2)12(9)17-6-10(13)14(19)20/h3-4,6-7,18H,5H2,1-2H3,(H,16,17)(H,19,20)/p-1/t7-/m1/s1. The van der Waals surface area contributed by atoms with Crippen molar-refractivity contribution in [2.75, 3.05) is 11.9 Å². The minimum Gasteiger partial charge on any atom is -0.545 e. The first-order valence-corrected chi connectivity index (χ1v) is 6.50. The number of hydrogen-bond acceptors (Lipinski definition) is 5. The summed E-state index contributed by atoms with van der Waals surface area (Å²) >= 11 is 6.04. The molecular formula is C14H14ClN2O3-. The van der Waals surface area contributed by atoms with Crippen LogP contribution in [0.15, 0.2) is 18.3 Å². The van der Waals surface area contributed by atoms with E-state index in [2.05, 4.69) is 10.3 Å². The van der Waals surface area contributed by atoms with Crippen molar-refractivity contribution in [2.24, 2.45) is 0 Å². The van der Waals surface area contributed by atoms with Crippen molar-refractivity contribution in [3.05, 3.63) is 34.5 Å². The first-order valence-electron chi connectivity index (χ1n) is 6.13. The van der Waals surface area contributed by atoms with Crippen LogP contribution >= 0.6 is 11.6 Å². The Morgan fingerprint density at radius 2 is 2.25 bits per heavy atom. The van der Waals surface area contributed by atoms with Gasteiger partial charge in [-0.15, -0.1) is 0 Å². The van der Waals surface area contributed by atoms with Crippen LogP contribution in [-0.4, -0.2) is 28.7 Å². The van der Waals surface area contributed by atoms with E-state index in [-0.39, 0.29) is 12.1 Å². The number of pyridine rings is 1. The van der Waals surface area contributed by atoms with Crippen LogP contribution < -0.4 is 10.4 Å². The number of aromatic nitrogens is 1. The van der Waals surface area contributed by atoms with Crippen molar-refractivity contribution in [3.8, 4) is 0 Å². The molecule has 0 unspecified atom stereocenters. The van der Waals surface area contributed by atoms with Gasteiger partial charge in [0.15, 0.2) is 0 Å². The maximum Gasteiger partial charge on any atom is 0.0767 e. The van der Waals surface area contributed by atoms with Crippen LogP contribution in [0.25, 0.3) is 10.9 Å². The van der Waals surface area contributed by atoms with Crippen LogP contribution in [0.1, 0.15) is 22.8 Å². The lowest BCUT2D eigenvalue weighted by atomic mass is 10.1. The highest BCUT2D eigenvalue weighted by molar-refractivity contribution is 6.32. The van der Waals surface area contributed by atoms with E-state index in [0.717, 1.165) is 5.56 Å². The molecule has 0 bridgehead atoms. The van der Waals surface area contributed by atoms with Crippen LogP contribution in [0.5, 0.6) is 0 Å². The molecule has 2 rings (SSSR count). The van der Waals surface area contributed by atoms with Crippen LogP contribution in [0.3, 0.4) is 0 Å². The topological polar surface area (TPSA) is 85.3 Å². The monoisotopic (exact) mass is 293 g/mol. The highest BCUT2D eigenvalue weighted by Gasteiger charge is 2.13. The molecule has 2 N–H and O–H groups in total. The Morgan fingerprint density at radius 1 is 1.55 bits per heavy atom. The van der Waals surface area contributed by atoms with Gasteiger partial charge in [0, 0.05) is 28.7 Å². The number of aliphatic hydroxyl groups is 1. The zero-order valence-electron chi connectivity index (χ0n) is 11.1. The third-order valence-corrected chi connectivity index (χ3v) is 3.43. The number of rotatable bonds is 4. The fraction of sp³-hybridized carbons (Fsp3) is 0.286. The SMILES string of the molecule is Cc1c(Cl)ccc2c(NC[C@@H](C)O)c(C(=O)[O-])cnc12. The summed E-state index contributed by atoms with van der Waals surface area (Å²) in [6.07, 6.45) is 0.631. The molecule has 6 heteroatoms. The second kappa shape index (κ2) is 5.64. The molecule has 1 aromatic carbocycles. The summed E-state index contributed by atoms with van der Waals surface area (Å²) in [6, 6.07) is 3.39. The number of hydrogen-bond donors (Lipinski definition) is 2. The molecule has 0 radical (unpaired) electrons. The molecule has 0 saturated carbocycles. The number of nitrogens with one attached hydrogen (secondary N) is 1. The zero-order chi connectivity index (χ0) is 14.9. The van der Waals surface area contributed by atoms with Gasteiger partial charge in [-0.05, 0) is 31.5 Å². The summed E-state index contributed by atoms with van der Waals surface area (Å²) in [5.74, 6) is -1.32. The summed E-state index contributed by atoms with van der Waals surface area (Å²) in [4.78, 5) is 15.3. The number of anilines is 1. The molecule has 1 aromatic heterocycles. The maximum atomic E-state index is 11.2. The van der Waals surface area contributed by atoms with E-state index < -0.39 is 12.1 Å². The van der Waals surface area contributed by atoms with E-state index in [1.54, 1.807) is 19.1 Å². The van der Waals surface area contributed by atoms with Gasteiger partial charge in [0.25, 0.3) is 0 Å². The molecule has 1 atom stereocenters. The first-order chi connectivity index (χ1) is 9.41. The quantitative estimate of drug-likeness (QED) is 0.889. The van der Waals surface area contributed by atoms with Crippen molar-refractivity contribution in [1.82, 2.24) is 4.98 Å². The lowest BCUT2D eigenvalue weighted by molar-refractivity contribution is -0.254. The van der Waals surface area contributed by atoms with Crippen LogP contribution in [-0.2, 0) is 0 Å². The molecule has 106 valence electrons. The van der Waals surface area contributed by atoms with E-state index in [9.17, 15) is 15.0 Å². The van der Waals surface area contributed by atoms with Gasteiger partial charge in [-0.3, -0.25) is 4.98 Å². The average Bonchev–Trinajstić information content (AvgIpc) is 2.39. The second-order valence-corrected chi connectivity index (χ2v) is 5.04. The molecule has 20 heavy (non-hydrogen) atoms. The summed E-state index contributed by atoms with van der Waals surface area (Å²) in [5, 5.41) is 24.7. The van der Waals surface area contributed by atoms with Crippen molar-refractivity contribution >= 4 is 34.2 Å². The van der Waals surface area contributed by atoms with Gasteiger partial charge in [0.1, 0.15) is 0 Å². The number of fused-ring (bicyclic) bond motifs is 1. The number of aliphatic hydroxyl groups excluding tert-OH is 1. The molecule has 2 aromatic rings. The number of carbonyl (C=O) groups is 1. The van der Waals surface area contributed by atoms with Crippen molar-refractivity contribution in [1.29, 1.82) is 0 Å². The number of carbonyl (C=O) groups excluding carboxylic acids is 1. The van der Waals surface area contributed by atoms with Gasteiger partial charge in [0.2, 0.25) is 0 Å². The summed E-state index contributed by atoms with van der Waals surface area (Å²) < 4.78 is 0. The predicted molar refractivity (Wildman–Crippen MR) is 76.0 cm³/mol. The van der Waals surface area contributed by atoms with E-state index in [0.29, 0.717) is 21.6 Å². The van der Waals surface area contributed by atoms with Crippen molar-refractivity contribution < 1.29 is 15.0 Å². The highest BCUT2D eigenvalue weighted by Crippen LogP contribution is 2.31. The Labute approximate surface area is 121 Å². The lowest BCUT2D eigenvalue weighted by Gasteiger charge is -2.17. The van der Waals surface area contributed by atoms with Crippen LogP contribution in [0.2, 0.25) is 5.02 Å². The molecule has 0 saturated heterocycles. The Hall–Kier alpha value is -1.85. The fourth-order valence-corrected chi connectivity index (χ4v) is 2.13. The molecule has 0 aliphatic carbocycles. The summed E-state index contributed by atoms with van der Waals surface area (Å²) in [7, 11) is 0. The van der Waals surface area contributed by atoms with E-state index in [1.165, 1.54) is 6.20 Å². The molecule has 0 fully saturated rings. The van der Waals surface area contributed by atoms with Crippen LogP contribution in [0.4, 0.5) is 5.69 Å². The average molecular weight is 294 g/mol. The zero-order valence-corrected chi connectivity index (χ0v) is 11.9. The molecule has 0 aliphatic rings. The van der Waals surface area contributed by atoms with Crippen LogP contribution in [0, 0.1) is 6.92 Å². The molecule has 0 amide bonds. The summed E-state index contributed by atoms with van der Waals surface area (Å²) in [6.45, 7) is 3.65. The molecule has 0 aliphatic heterocycles. The van der Waals surface area contributed by atoms with Gasteiger partial charge in [-0.2, -0.15) is 0 Å². The minimum atomic E-state index is -1.32. The van der Waals surface area contributed by atoms with Gasteiger partial charge < -0.3 is 20.3 Å². The number of carboxylic acid groups (broad SMARTS) is 1. The molecular weight excluding hydrogens is 280 g/mol. The lowest BCUT2D eigenvalue weighted by Crippen LogP contribution is -2.25. The summed E-state index contributed by atoms with van der Waals surface area (Å²) in [5.41, 5.74) is 1.74. The number of halogens is 1. The van der Waals surface area contributed by atoms with Crippen molar-refractivity contribution in [2.45, 2.75) is 20.0 Å². The highest BCUT2D eigenvalue weighted by atomic mass is 35.5.